The molecular weight excluding hydrogens is 575 g/mol. The van der Waals surface area contributed by atoms with Crippen LogP contribution in [0.3, 0.4) is 0 Å². The van der Waals surface area contributed by atoms with Crippen molar-refractivity contribution in [1.29, 1.82) is 0 Å². The van der Waals surface area contributed by atoms with Gasteiger partial charge in [-0.2, -0.15) is 0 Å². The summed E-state index contributed by atoms with van der Waals surface area (Å²) in [6.45, 7) is 16.4. The maximum Gasteiger partial charge on any atom is 0.410 e. The Labute approximate surface area is 261 Å². The van der Waals surface area contributed by atoms with Gasteiger partial charge < -0.3 is 18.9 Å². The van der Waals surface area contributed by atoms with Crippen molar-refractivity contribution in [2.45, 2.75) is 52.2 Å². The Morgan fingerprint density at radius 3 is 2.51 bits per heavy atom. The smallest absolute Gasteiger partial charge is 0.410 e. The zero-order valence-corrected chi connectivity index (χ0v) is 25.7. The van der Waals surface area contributed by atoms with E-state index in [-0.39, 0.29) is 6.09 Å². The van der Waals surface area contributed by atoms with Gasteiger partial charge in [-0.3, -0.25) is 9.78 Å². The molecule has 4 aromatic rings. The van der Waals surface area contributed by atoms with E-state index in [2.05, 4.69) is 19.8 Å². The number of rotatable bonds is 7. The minimum Gasteiger partial charge on any atom is -0.490 e. The number of likely N-dealkylation sites (tertiary alicyclic amines) is 1. The summed E-state index contributed by atoms with van der Waals surface area (Å²) >= 11 is 0. The SMILES string of the molecule is [C-]#[N+]c1ccnc(-c2cc(F)c(=O)n([C@H](C)c3cccc(-c4ncc(OCC5CCN(C(=O)OC(C)(C)C)CC5)cn4)c3)c2)c1. The molecule has 0 N–H and O–H groups in total. The molecule has 1 fully saturated rings. The van der Waals surface area contributed by atoms with Crippen LogP contribution < -0.4 is 10.3 Å². The lowest BCUT2D eigenvalue weighted by molar-refractivity contribution is 0.0165. The van der Waals surface area contributed by atoms with Gasteiger partial charge in [-0.25, -0.2) is 24.0 Å². The maximum absolute atomic E-state index is 14.8. The number of amides is 1. The van der Waals surface area contributed by atoms with Crippen LogP contribution in [-0.4, -0.2) is 55.8 Å². The average Bonchev–Trinajstić information content (AvgIpc) is 3.04. The molecule has 11 heteroatoms. The summed E-state index contributed by atoms with van der Waals surface area (Å²) in [5.41, 5.74) is 1.39. The van der Waals surface area contributed by atoms with Crippen LogP contribution in [0.5, 0.6) is 5.75 Å². The Balaban J connectivity index is 1.24. The van der Waals surface area contributed by atoms with E-state index in [1.807, 2.05) is 52.0 Å². The van der Waals surface area contributed by atoms with Crippen molar-refractivity contribution in [1.82, 2.24) is 24.4 Å². The van der Waals surface area contributed by atoms with Gasteiger partial charge in [0, 0.05) is 36.6 Å². The van der Waals surface area contributed by atoms with Crippen LogP contribution in [0.15, 0.2) is 72.0 Å². The molecule has 1 saturated heterocycles. The molecular formula is C34H35FN6O4. The average molecular weight is 611 g/mol. The highest BCUT2D eigenvalue weighted by Crippen LogP contribution is 2.27. The summed E-state index contributed by atoms with van der Waals surface area (Å²) in [6, 6.07) is 11.2. The summed E-state index contributed by atoms with van der Waals surface area (Å²) in [5.74, 6) is 0.431. The summed E-state index contributed by atoms with van der Waals surface area (Å²) in [5, 5.41) is 0. The fourth-order valence-corrected chi connectivity index (χ4v) is 5.10. The van der Waals surface area contributed by atoms with Crippen molar-refractivity contribution in [3.8, 4) is 28.4 Å². The number of carbonyl (C=O) groups excluding carboxylic acids is 1. The number of benzene rings is 1. The first-order chi connectivity index (χ1) is 21.5. The quantitative estimate of drug-likeness (QED) is 0.215. The lowest BCUT2D eigenvalue weighted by Gasteiger charge is -2.33. The predicted molar refractivity (Wildman–Crippen MR) is 167 cm³/mol. The third-order valence-corrected chi connectivity index (χ3v) is 7.59. The molecule has 45 heavy (non-hydrogen) atoms. The van der Waals surface area contributed by atoms with E-state index in [1.165, 1.54) is 10.8 Å². The van der Waals surface area contributed by atoms with Crippen molar-refractivity contribution in [3.63, 3.8) is 0 Å². The third kappa shape index (κ3) is 7.70. The first kappa shape index (κ1) is 31.3. The number of ether oxygens (including phenoxy) is 2. The highest BCUT2D eigenvalue weighted by molar-refractivity contribution is 5.68. The van der Waals surface area contributed by atoms with Gasteiger partial charge in [0.1, 0.15) is 5.60 Å². The van der Waals surface area contributed by atoms with Gasteiger partial charge in [0.15, 0.2) is 23.1 Å². The molecule has 0 aliphatic carbocycles. The normalized spacial score (nSPS) is 14.4. The molecule has 0 spiro atoms. The second-order valence-corrected chi connectivity index (χ2v) is 12.1. The van der Waals surface area contributed by atoms with E-state index < -0.39 is 23.0 Å². The Morgan fingerprint density at radius 2 is 1.82 bits per heavy atom. The first-order valence-corrected chi connectivity index (χ1v) is 14.8. The summed E-state index contributed by atoms with van der Waals surface area (Å²) in [6.07, 6.45) is 7.66. The molecule has 1 amide bonds. The lowest BCUT2D eigenvalue weighted by atomic mass is 9.98. The van der Waals surface area contributed by atoms with Gasteiger partial charge in [0.2, 0.25) is 0 Å². The van der Waals surface area contributed by atoms with Crippen LogP contribution in [0.1, 0.15) is 52.1 Å². The standard InChI is InChI=1S/C34H35FN6O4/c1-22(41-20-26(16-29(35)32(41)42)30-17-27(36-5)9-12-37-30)24-7-6-8-25(15-24)31-38-18-28(19-39-31)44-21-23-10-13-40(14-11-23)33(43)45-34(2,3)4/h6-9,12,15-20,22-23H,10-11,13-14,21H2,1-4H3/t22-/m1/s1. The van der Waals surface area contributed by atoms with Crippen LogP contribution in [0.2, 0.25) is 0 Å². The van der Waals surface area contributed by atoms with Crippen molar-refractivity contribution >= 4 is 11.8 Å². The number of nitrogens with zero attached hydrogens (tertiary/aromatic N) is 6. The van der Waals surface area contributed by atoms with Gasteiger partial charge in [-0.1, -0.05) is 18.2 Å². The molecule has 1 aromatic carbocycles. The van der Waals surface area contributed by atoms with Crippen LogP contribution in [-0.2, 0) is 4.74 Å². The first-order valence-electron chi connectivity index (χ1n) is 14.8. The van der Waals surface area contributed by atoms with E-state index >= 15 is 0 Å². The highest BCUT2D eigenvalue weighted by Gasteiger charge is 2.27. The lowest BCUT2D eigenvalue weighted by Crippen LogP contribution is -2.42. The molecule has 3 aromatic heterocycles. The molecule has 5 rings (SSSR count). The van der Waals surface area contributed by atoms with E-state index in [0.717, 1.165) is 30.0 Å². The third-order valence-electron chi connectivity index (χ3n) is 7.59. The van der Waals surface area contributed by atoms with E-state index in [1.54, 1.807) is 35.6 Å². The number of pyridine rings is 2. The fourth-order valence-electron chi connectivity index (χ4n) is 5.10. The van der Waals surface area contributed by atoms with Crippen molar-refractivity contribution in [2.75, 3.05) is 19.7 Å². The zero-order chi connectivity index (χ0) is 32.1. The predicted octanol–water partition coefficient (Wildman–Crippen LogP) is 6.69. The second-order valence-electron chi connectivity index (χ2n) is 12.1. The topological polar surface area (TPSA) is 104 Å². The molecule has 1 aliphatic rings. The van der Waals surface area contributed by atoms with Gasteiger partial charge >= 0.3 is 6.09 Å². The van der Waals surface area contributed by atoms with E-state index in [0.29, 0.717) is 54.1 Å². The van der Waals surface area contributed by atoms with Crippen LogP contribution in [0.25, 0.3) is 27.5 Å². The Hall–Kier alpha value is -5.11. The monoisotopic (exact) mass is 610 g/mol. The zero-order valence-electron chi connectivity index (χ0n) is 25.7. The maximum atomic E-state index is 14.8. The molecule has 0 bridgehead atoms. The summed E-state index contributed by atoms with van der Waals surface area (Å²) < 4.78 is 27.5. The molecule has 0 radical (unpaired) electrons. The summed E-state index contributed by atoms with van der Waals surface area (Å²) in [7, 11) is 0. The van der Waals surface area contributed by atoms with Crippen LogP contribution >= 0.6 is 0 Å². The van der Waals surface area contributed by atoms with Gasteiger partial charge in [-0.05, 0) is 76.3 Å². The molecule has 4 heterocycles. The van der Waals surface area contributed by atoms with Gasteiger partial charge in [0.25, 0.3) is 5.56 Å². The molecule has 1 aliphatic heterocycles. The molecule has 232 valence electrons. The van der Waals surface area contributed by atoms with Crippen molar-refractivity contribution < 1.29 is 18.7 Å². The molecule has 0 saturated carbocycles. The number of hydrogen-bond acceptors (Lipinski definition) is 7. The minimum atomic E-state index is -0.905. The number of aromatic nitrogens is 4. The van der Waals surface area contributed by atoms with Crippen molar-refractivity contribution in [3.05, 3.63) is 100 Å². The Morgan fingerprint density at radius 1 is 1.09 bits per heavy atom. The fraction of sp³-hybridized carbons (Fsp3) is 0.353. The Bertz CT molecular complexity index is 1770. The molecule has 0 unspecified atom stereocenters. The van der Waals surface area contributed by atoms with E-state index in [9.17, 15) is 14.0 Å². The molecule has 10 nitrogen and oxygen atoms in total. The molecule has 1 atom stereocenters. The largest absolute Gasteiger partial charge is 0.490 e. The second kappa shape index (κ2) is 13.3. The number of piperidine rings is 1. The van der Waals surface area contributed by atoms with Crippen LogP contribution in [0, 0.1) is 18.3 Å². The van der Waals surface area contributed by atoms with E-state index in [4.69, 9.17) is 16.0 Å². The number of hydrogen-bond donors (Lipinski definition) is 0. The number of halogens is 1. The summed E-state index contributed by atoms with van der Waals surface area (Å²) in [4.78, 5) is 43.5. The van der Waals surface area contributed by atoms with Crippen molar-refractivity contribution in [2.24, 2.45) is 5.92 Å². The number of carbonyl (C=O) groups is 1. The highest BCUT2D eigenvalue weighted by atomic mass is 19.1. The Kier molecular flexibility index (Phi) is 9.23. The van der Waals surface area contributed by atoms with Crippen LogP contribution in [0.4, 0.5) is 14.9 Å². The minimum absolute atomic E-state index is 0.280. The van der Waals surface area contributed by atoms with Gasteiger partial charge in [-0.15, -0.1) is 0 Å². The van der Waals surface area contributed by atoms with Gasteiger partial charge in [0.05, 0.1) is 37.3 Å².